The number of aliphatic hydroxyl groups excluding tert-OH is 1. The lowest BCUT2D eigenvalue weighted by atomic mass is 9.85. The number of benzene rings is 2. The standard InChI is InChI=1S/C28H34ClN3O5/c1-15(30-2)6-7-20-23(33)9-8-22-24(20)31-27(32(22)19-5-3-4-17(13-19)28(35)36)25(34)18-12-16-10-11-37-26(16)21(29)14-18/h8-9,12,14-15,17,19,25,30,33-34H,3-7,10-11,13H2,1-2H3,(H,35,36). The lowest BCUT2D eigenvalue weighted by Crippen LogP contribution is -2.26. The van der Waals surface area contributed by atoms with Crippen molar-refractivity contribution in [1.29, 1.82) is 0 Å². The smallest absolute Gasteiger partial charge is 0.306 e. The van der Waals surface area contributed by atoms with Gasteiger partial charge in [-0.2, -0.15) is 0 Å². The van der Waals surface area contributed by atoms with E-state index in [0.717, 1.165) is 42.3 Å². The molecule has 2 aromatic carbocycles. The molecule has 198 valence electrons. The summed E-state index contributed by atoms with van der Waals surface area (Å²) in [6.07, 6.45) is 3.74. The van der Waals surface area contributed by atoms with Gasteiger partial charge >= 0.3 is 5.97 Å². The zero-order chi connectivity index (χ0) is 26.3. The zero-order valence-electron chi connectivity index (χ0n) is 21.2. The third-order valence-electron chi connectivity index (χ3n) is 7.97. The topological polar surface area (TPSA) is 117 Å². The Labute approximate surface area is 221 Å². The molecule has 0 amide bonds. The largest absolute Gasteiger partial charge is 0.508 e. The molecule has 4 atom stereocenters. The van der Waals surface area contributed by atoms with Gasteiger partial charge in [0.2, 0.25) is 0 Å². The van der Waals surface area contributed by atoms with Crippen LogP contribution in [0.3, 0.4) is 0 Å². The summed E-state index contributed by atoms with van der Waals surface area (Å²) in [6.45, 7) is 2.64. The molecule has 8 nitrogen and oxygen atoms in total. The molecule has 1 fully saturated rings. The summed E-state index contributed by atoms with van der Waals surface area (Å²) in [4.78, 5) is 16.8. The van der Waals surface area contributed by atoms with E-state index in [1.54, 1.807) is 12.1 Å². The van der Waals surface area contributed by atoms with E-state index in [-0.39, 0.29) is 17.8 Å². The SMILES string of the molecule is CNC(C)CCc1c(O)ccc2c1nc(C(O)c1cc(Cl)c3c(c1)CCO3)n2C1CCCC(C(=O)O)C1. The van der Waals surface area contributed by atoms with Crippen LogP contribution in [0, 0.1) is 5.92 Å². The Balaban J connectivity index is 1.64. The first kappa shape index (κ1) is 25.8. The quantitative estimate of drug-likeness (QED) is 0.333. The van der Waals surface area contributed by atoms with Crippen molar-refractivity contribution in [3.63, 3.8) is 0 Å². The number of carboxylic acid groups (broad SMARTS) is 1. The number of hydrogen-bond donors (Lipinski definition) is 4. The molecule has 0 saturated heterocycles. The number of aryl methyl sites for hydroxylation is 1. The van der Waals surface area contributed by atoms with E-state index in [2.05, 4.69) is 12.2 Å². The third-order valence-corrected chi connectivity index (χ3v) is 8.25. The van der Waals surface area contributed by atoms with Gasteiger partial charge in [-0.15, -0.1) is 0 Å². The first-order valence-electron chi connectivity index (χ1n) is 13.0. The minimum Gasteiger partial charge on any atom is -0.508 e. The summed E-state index contributed by atoms with van der Waals surface area (Å²) in [5, 5.41) is 35.9. The van der Waals surface area contributed by atoms with Crippen molar-refractivity contribution in [1.82, 2.24) is 14.9 Å². The highest BCUT2D eigenvalue weighted by atomic mass is 35.5. The molecule has 4 unspecified atom stereocenters. The molecule has 0 spiro atoms. The average Bonchev–Trinajstić information content (AvgIpc) is 3.52. The van der Waals surface area contributed by atoms with Gasteiger partial charge in [-0.05, 0) is 81.5 Å². The maximum atomic E-state index is 11.9. The zero-order valence-corrected chi connectivity index (χ0v) is 22.0. The molecule has 3 aromatic rings. The molecule has 4 N–H and O–H groups in total. The van der Waals surface area contributed by atoms with Crippen LogP contribution >= 0.6 is 11.6 Å². The number of fused-ring (bicyclic) bond motifs is 2. The van der Waals surface area contributed by atoms with E-state index in [4.69, 9.17) is 21.3 Å². The van der Waals surface area contributed by atoms with Gasteiger partial charge in [-0.3, -0.25) is 4.79 Å². The second-order valence-electron chi connectivity index (χ2n) is 10.3. The van der Waals surface area contributed by atoms with Crippen LogP contribution in [-0.2, 0) is 17.6 Å². The summed E-state index contributed by atoms with van der Waals surface area (Å²) in [5.74, 6) is 0.0381. The Morgan fingerprint density at radius 1 is 1.32 bits per heavy atom. The maximum absolute atomic E-state index is 11.9. The van der Waals surface area contributed by atoms with Gasteiger partial charge in [0, 0.05) is 24.1 Å². The van der Waals surface area contributed by atoms with Crippen molar-refractivity contribution in [2.24, 2.45) is 5.92 Å². The Hall–Kier alpha value is -2.81. The van der Waals surface area contributed by atoms with Crippen molar-refractivity contribution < 1.29 is 24.9 Å². The first-order chi connectivity index (χ1) is 17.8. The van der Waals surface area contributed by atoms with Crippen molar-refractivity contribution in [3.05, 3.63) is 51.8 Å². The lowest BCUT2D eigenvalue weighted by molar-refractivity contribution is -0.143. The van der Waals surface area contributed by atoms with E-state index in [1.807, 2.05) is 23.7 Å². The monoisotopic (exact) mass is 527 g/mol. The van der Waals surface area contributed by atoms with E-state index in [1.165, 1.54) is 0 Å². The predicted octanol–water partition coefficient (Wildman–Crippen LogP) is 4.77. The molecule has 0 radical (unpaired) electrons. The summed E-state index contributed by atoms with van der Waals surface area (Å²) >= 11 is 6.49. The summed E-state index contributed by atoms with van der Waals surface area (Å²) in [6, 6.07) is 7.26. The lowest BCUT2D eigenvalue weighted by Gasteiger charge is -2.30. The molecule has 0 bridgehead atoms. The van der Waals surface area contributed by atoms with Crippen LogP contribution in [0.4, 0.5) is 0 Å². The normalized spacial score (nSPS) is 21.0. The summed E-state index contributed by atoms with van der Waals surface area (Å²) in [5.41, 5.74) is 3.74. The number of hydrogen-bond acceptors (Lipinski definition) is 6. The fraction of sp³-hybridized carbons (Fsp3) is 0.500. The highest BCUT2D eigenvalue weighted by Crippen LogP contribution is 2.42. The number of aromatic nitrogens is 2. The van der Waals surface area contributed by atoms with Crippen LogP contribution in [0.5, 0.6) is 11.5 Å². The molecule has 9 heteroatoms. The molecule has 5 rings (SSSR count). The van der Waals surface area contributed by atoms with Crippen molar-refractivity contribution in [3.8, 4) is 11.5 Å². The number of carboxylic acids is 1. The Bertz CT molecular complexity index is 1320. The molecular formula is C28H34ClN3O5. The molecule has 37 heavy (non-hydrogen) atoms. The number of carbonyl (C=O) groups is 1. The highest BCUT2D eigenvalue weighted by molar-refractivity contribution is 6.32. The third kappa shape index (κ3) is 4.90. The number of aromatic hydroxyl groups is 1. The maximum Gasteiger partial charge on any atom is 0.306 e. The van der Waals surface area contributed by atoms with Crippen LogP contribution in [0.2, 0.25) is 5.02 Å². The Kier molecular flexibility index (Phi) is 7.34. The fourth-order valence-electron chi connectivity index (χ4n) is 5.77. The van der Waals surface area contributed by atoms with Gasteiger partial charge in [-0.1, -0.05) is 18.0 Å². The summed E-state index contributed by atoms with van der Waals surface area (Å²) < 4.78 is 7.64. The van der Waals surface area contributed by atoms with E-state index in [9.17, 15) is 20.1 Å². The first-order valence-corrected chi connectivity index (χ1v) is 13.4. The number of phenols is 1. The van der Waals surface area contributed by atoms with Gasteiger partial charge in [0.25, 0.3) is 0 Å². The highest BCUT2D eigenvalue weighted by Gasteiger charge is 2.33. The fourth-order valence-corrected chi connectivity index (χ4v) is 6.07. The van der Waals surface area contributed by atoms with Crippen molar-refractivity contribution >= 4 is 28.6 Å². The number of aliphatic hydroxyl groups is 1. The molecule has 1 aliphatic carbocycles. The van der Waals surface area contributed by atoms with Crippen LogP contribution in [0.25, 0.3) is 11.0 Å². The van der Waals surface area contributed by atoms with E-state index >= 15 is 0 Å². The number of nitrogens with zero attached hydrogens (tertiary/aromatic N) is 2. The van der Waals surface area contributed by atoms with Crippen LogP contribution < -0.4 is 10.1 Å². The van der Waals surface area contributed by atoms with Crippen molar-refractivity contribution in [2.45, 2.75) is 70.1 Å². The molecular weight excluding hydrogens is 494 g/mol. The van der Waals surface area contributed by atoms with E-state index < -0.39 is 18.0 Å². The van der Waals surface area contributed by atoms with Gasteiger partial charge < -0.3 is 29.9 Å². The number of ether oxygens (including phenoxy) is 1. The van der Waals surface area contributed by atoms with Gasteiger partial charge in [0.1, 0.15) is 23.4 Å². The number of halogens is 1. The Morgan fingerprint density at radius 2 is 2.14 bits per heavy atom. The van der Waals surface area contributed by atoms with E-state index in [0.29, 0.717) is 53.5 Å². The number of aliphatic carboxylic acids is 1. The number of nitrogens with one attached hydrogen (secondary N) is 1. The second-order valence-corrected chi connectivity index (χ2v) is 10.8. The molecule has 1 saturated carbocycles. The molecule has 1 aliphatic heterocycles. The molecule has 2 aliphatic rings. The number of phenolic OH excluding ortho intramolecular Hbond substituents is 1. The van der Waals surface area contributed by atoms with Crippen LogP contribution in [0.1, 0.15) is 73.7 Å². The number of imidazole rings is 1. The number of rotatable bonds is 8. The Morgan fingerprint density at radius 3 is 2.89 bits per heavy atom. The van der Waals surface area contributed by atoms with Gasteiger partial charge in [-0.25, -0.2) is 4.98 Å². The van der Waals surface area contributed by atoms with Crippen LogP contribution in [-0.4, -0.2) is 50.5 Å². The van der Waals surface area contributed by atoms with Gasteiger partial charge in [0.05, 0.1) is 28.6 Å². The summed E-state index contributed by atoms with van der Waals surface area (Å²) in [7, 11) is 1.91. The molecule has 1 aromatic heterocycles. The molecule has 2 heterocycles. The predicted molar refractivity (Wildman–Crippen MR) is 142 cm³/mol. The second kappa shape index (κ2) is 10.5. The van der Waals surface area contributed by atoms with Gasteiger partial charge in [0.15, 0.2) is 0 Å². The minimum absolute atomic E-state index is 0.133. The van der Waals surface area contributed by atoms with Crippen LogP contribution in [0.15, 0.2) is 24.3 Å². The average molecular weight is 528 g/mol. The minimum atomic E-state index is -1.08. The van der Waals surface area contributed by atoms with Crippen molar-refractivity contribution in [2.75, 3.05) is 13.7 Å².